The maximum atomic E-state index is 2.46. The van der Waals surface area contributed by atoms with Crippen LogP contribution in [0.25, 0.3) is 0 Å². The van der Waals surface area contributed by atoms with Crippen molar-refractivity contribution in [2.24, 2.45) is 17.8 Å². The van der Waals surface area contributed by atoms with Crippen LogP contribution in [0.3, 0.4) is 0 Å². The zero-order chi connectivity index (χ0) is 8.39. The monoisotopic (exact) mass is 164 g/mol. The third-order valence-corrected chi connectivity index (χ3v) is 4.01. The van der Waals surface area contributed by atoms with Gasteiger partial charge in [0.1, 0.15) is 7.28 Å². The van der Waals surface area contributed by atoms with E-state index in [9.17, 15) is 0 Å². The summed E-state index contributed by atoms with van der Waals surface area (Å²) in [6, 6.07) is 0. The first-order valence-electron chi connectivity index (χ1n) is 5.84. The molecule has 2 bridgehead atoms. The van der Waals surface area contributed by atoms with E-state index in [2.05, 4.69) is 6.92 Å². The van der Waals surface area contributed by atoms with Crippen molar-refractivity contribution in [2.75, 3.05) is 0 Å². The molecule has 0 aromatic rings. The fraction of sp³-hybridized carbons (Fsp3) is 1.00. The molecule has 3 atom stereocenters. The van der Waals surface area contributed by atoms with Gasteiger partial charge in [-0.15, -0.1) is 0 Å². The van der Waals surface area contributed by atoms with E-state index in [0.717, 1.165) is 17.8 Å². The zero-order valence-corrected chi connectivity index (χ0v) is 8.39. The number of rotatable bonds is 0. The molecule has 0 radical (unpaired) electrons. The summed E-state index contributed by atoms with van der Waals surface area (Å²) in [6.45, 7) is 2.46. The predicted molar refractivity (Wildman–Crippen MR) is 56.0 cm³/mol. The Balaban J connectivity index is 2.00. The smallest absolute Gasteiger partial charge is 0.0746 e. The topological polar surface area (TPSA) is 0 Å². The van der Waals surface area contributed by atoms with E-state index < -0.39 is 0 Å². The average Bonchev–Trinajstić information content (AvgIpc) is 2.20. The fourth-order valence-electron chi connectivity index (χ4n) is 3.19. The molecule has 1 aliphatic carbocycles. The van der Waals surface area contributed by atoms with E-state index in [1.807, 2.05) is 0 Å². The Labute approximate surface area is 77.4 Å². The van der Waals surface area contributed by atoms with Crippen LogP contribution in [0.1, 0.15) is 39.0 Å². The molecule has 0 aromatic heterocycles. The maximum Gasteiger partial charge on any atom is 0.121 e. The number of fused-ring (bicyclic) bond motifs is 3. The molecule has 2 fully saturated rings. The Morgan fingerprint density at radius 3 is 2.50 bits per heavy atom. The van der Waals surface area contributed by atoms with Gasteiger partial charge in [0, 0.05) is 0 Å². The van der Waals surface area contributed by atoms with Crippen LogP contribution in [0.2, 0.25) is 12.6 Å². The lowest BCUT2D eigenvalue weighted by molar-refractivity contribution is 0.296. The van der Waals surface area contributed by atoms with E-state index in [4.69, 9.17) is 0 Å². The molecule has 0 spiro atoms. The van der Waals surface area contributed by atoms with Gasteiger partial charge in [0.25, 0.3) is 0 Å². The SMILES string of the molecule is CC1CCC2CBCC(CC2)C1. The summed E-state index contributed by atoms with van der Waals surface area (Å²) in [5, 5.41) is 0. The van der Waals surface area contributed by atoms with Gasteiger partial charge >= 0.3 is 0 Å². The minimum atomic E-state index is 1.02. The van der Waals surface area contributed by atoms with Crippen molar-refractivity contribution < 1.29 is 0 Å². The van der Waals surface area contributed by atoms with Gasteiger partial charge in [-0.3, -0.25) is 0 Å². The van der Waals surface area contributed by atoms with Crippen molar-refractivity contribution in [3.05, 3.63) is 0 Å². The highest BCUT2D eigenvalue weighted by Gasteiger charge is 2.24. The van der Waals surface area contributed by atoms with Gasteiger partial charge in [0.2, 0.25) is 0 Å². The normalized spacial score (nSPS) is 42.6. The Hall–Kier alpha value is 0.0649. The van der Waals surface area contributed by atoms with Crippen LogP contribution in [0, 0.1) is 17.8 Å². The van der Waals surface area contributed by atoms with Crippen molar-refractivity contribution in [1.82, 2.24) is 0 Å². The third kappa shape index (κ3) is 2.05. The third-order valence-electron chi connectivity index (χ3n) is 4.01. The van der Waals surface area contributed by atoms with E-state index in [1.165, 1.54) is 26.5 Å². The van der Waals surface area contributed by atoms with Crippen LogP contribution in [-0.4, -0.2) is 7.28 Å². The quantitative estimate of drug-likeness (QED) is 0.482. The van der Waals surface area contributed by atoms with Gasteiger partial charge in [-0.2, -0.15) is 0 Å². The Morgan fingerprint density at radius 2 is 1.58 bits per heavy atom. The highest BCUT2D eigenvalue weighted by Crippen LogP contribution is 2.36. The lowest BCUT2D eigenvalue weighted by atomic mass is 9.65. The molecule has 1 saturated carbocycles. The molecular formula is C11H21B. The molecular weight excluding hydrogens is 143 g/mol. The molecule has 0 amide bonds. The van der Waals surface area contributed by atoms with Crippen molar-refractivity contribution >= 4 is 7.28 Å². The zero-order valence-electron chi connectivity index (χ0n) is 8.39. The van der Waals surface area contributed by atoms with E-state index in [-0.39, 0.29) is 0 Å². The molecule has 0 nitrogen and oxygen atoms in total. The minimum absolute atomic E-state index is 1.02. The molecule has 3 unspecified atom stereocenters. The first-order chi connectivity index (χ1) is 5.84. The van der Waals surface area contributed by atoms with Gasteiger partial charge in [-0.25, -0.2) is 0 Å². The van der Waals surface area contributed by atoms with Crippen molar-refractivity contribution in [2.45, 2.75) is 51.7 Å². The van der Waals surface area contributed by atoms with Crippen LogP contribution in [0.5, 0.6) is 0 Å². The second-order valence-corrected chi connectivity index (χ2v) is 5.16. The molecule has 2 rings (SSSR count). The second kappa shape index (κ2) is 3.85. The first kappa shape index (κ1) is 8.65. The van der Waals surface area contributed by atoms with E-state index in [0.29, 0.717) is 0 Å². The van der Waals surface area contributed by atoms with E-state index >= 15 is 0 Å². The van der Waals surface area contributed by atoms with Crippen molar-refractivity contribution in [1.29, 1.82) is 0 Å². The van der Waals surface area contributed by atoms with Crippen LogP contribution < -0.4 is 0 Å². The first-order valence-corrected chi connectivity index (χ1v) is 5.84. The summed E-state index contributed by atoms with van der Waals surface area (Å²) in [6.07, 6.45) is 10.8. The molecule has 1 heteroatoms. The summed E-state index contributed by atoms with van der Waals surface area (Å²) < 4.78 is 0. The number of hydrogen-bond donors (Lipinski definition) is 0. The van der Waals surface area contributed by atoms with Crippen molar-refractivity contribution in [3.63, 3.8) is 0 Å². The molecule has 1 saturated heterocycles. The summed E-state index contributed by atoms with van der Waals surface area (Å²) in [4.78, 5) is 0. The summed E-state index contributed by atoms with van der Waals surface area (Å²) >= 11 is 0. The number of hydrogen-bond acceptors (Lipinski definition) is 0. The van der Waals surface area contributed by atoms with Crippen molar-refractivity contribution in [3.8, 4) is 0 Å². The predicted octanol–water partition coefficient (Wildman–Crippen LogP) is 3.11. The molecule has 1 heterocycles. The highest BCUT2D eigenvalue weighted by molar-refractivity contribution is 6.35. The fourth-order valence-corrected chi connectivity index (χ4v) is 3.19. The maximum absolute atomic E-state index is 2.46. The van der Waals surface area contributed by atoms with Crippen LogP contribution in [0.15, 0.2) is 0 Å². The Bertz CT molecular complexity index is 144. The minimum Gasteiger partial charge on any atom is -0.0746 e. The van der Waals surface area contributed by atoms with Gasteiger partial charge in [-0.1, -0.05) is 45.2 Å². The molecule has 12 heavy (non-hydrogen) atoms. The summed E-state index contributed by atoms with van der Waals surface area (Å²) in [5.41, 5.74) is 0. The van der Waals surface area contributed by atoms with Gasteiger partial charge < -0.3 is 0 Å². The average molecular weight is 164 g/mol. The van der Waals surface area contributed by atoms with Gasteiger partial charge in [0.15, 0.2) is 0 Å². The van der Waals surface area contributed by atoms with Crippen LogP contribution in [-0.2, 0) is 0 Å². The molecule has 2 aliphatic rings. The lowest BCUT2D eigenvalue weighted by Gasteiger charge is -2.24. The molecule has 1 aliphatic heterocycles. The van der Waals surface area contributed by atoms with Crippen LogP contribution >= 0.6 is 0 Å². The molecule has 0 aromatic carbocycles. The Kier molecular flexibility index (Phi) is 2.78. The summed E-state index contributed by atoms with van der Waals surface area (Å²) in [7, 11) is 1.53. The van der Waals surface area contributed by atoms with Gasteiger partial charge in [-0.05, 0) is 24.2 Å². The standard InChI is InChI=1S/C11H21B/c1-9-2-3-10-4-5-11(6-9)8-12-7-10/h9-12H,2-8H2,1H3. The molecule has 0 N–H and O–H groups in total. The Morgan fingerprint density at radius 1 is 0.917 bits per heavy atom. The second-order valence-electron chi connectivity index (χ2n) is 5.16. The van der Waals surface area contributed by atoms with Gasteiger partial charge in [0.05, 0.1) is 0 Å². The highest BCUT2D eigenvalue weighted by atomic mass is 14.3. The molecule has 68 valence electrons. The lowest BCUT2D eigenvalue weighted by Crippen LogP contribution is -2.10. The summed E-state index contributed by atoms with van der Waals surface area (Å²) in [5.74, 6) is 3.24. The van der Waals surface area contributed by atoms with Crippen LogP contribution in [0.4, 0.5) is 0 Å². The largest absolute Gasteiger partial charge is 0.121 e. The van der Waals surface area contributed by atoms with E-state index in [1.54, 1.807) is 25.5 Å².